The molecular formula is C33H60N6O8. The number of ether oxygens (including phenoxy) is 2. The van der Waals surface area contributed by atoms with Crippen molar-refractivity contribution in [3.05, 3.63) is 29.8 Å². The molecule has 1 aromatic rings. The zero-order valence-corrected chi connectivity index (χ0v) is 30.1. The lowest BCUT2D eigenvalue weighted by molar-refractivity contribution is -0.142. The second kappa shape index (κ2) is 30.5. The van der Waals surface area contributed by atoms with Crippen LogP contribution in [0.3, 0.4) is 0 Å². The van der Waals surface area contributed by atoms with Crippen molar-refractivity contribution in [2.75, 3.05) is 39.2 Å². The highest BCUT2D eigenvalue weighted by Gasteiger charge is 2.28. The molecule has 0 radical (unpaired) electrons. The van der Waals surface area contributed by atoms with E-state index in [-0.39, 0.29) is 37.4 Å². The minimum absolute atomic E-state index is 0.167. The van der Waals surface area contributed by atoms with E-state index in [0.717, 1.165) is 5.56 Å². The van der Waals surface area contributed by atoms with Crippen molar-refractivity contribution in [1.82, 2.24) is 20.9 Å². The number of hydrogen-bond acceptors (Lipinski definition) is 8. The molecule has 47 heavy (non-hydrogen) atoms. The van der Waals surface area contributed by atoms with Gasteiger partial charge in [-0.1, -0.05) is 60.6 Å². The van der Waals surface area contributed by atoms with Gasteiger partial charge in [0.15, 0.2) is 0 Å². The molecule has 14 nitrogen and oxygen atoms in total. The summed E-state index contributed by atoms with van der Waals surface area (Å²) in [6.07, 6.45) is 2.36. The predicted octanol–water partition coefficient (Wildman–Crippen LogP) is 3.34. The van der Waals surface area contributed by atoms with E-state index in [9.17, 15) is 28.8 Å². The Bertz CT molecular complexity index is 1020. The van der Waals surface area contributed by atoms with Crippen molar-refractivity contribution in [2.24, 2.45) is 11.7 Å². The average molecular weight is 669 g/mol. The largest absolute Gasteiger partial charge is 0.464 e. The molecule has 1 rings (SSSR count). The Balaban J connectivity index is -0.00000116. The number of carbonyl (C=O) groups is 6. The van der Waals surface area contributed by atoms with Gasteiger partial charge in [0.1, 0.15) is 18.7 Å². The zero-order valence-electron chi connectivity index (χ0n) is 30.1. The third-order valence-corrected chi connectivity index (χ3v) is 5.81. The molecule has 6 N–H and O–H groups in total. The number of methoxy groups -OCH3 is 1. The quantitative estimate of drug-likeness (QED) is 0.0891. The van der Waals surface area contributed by atoms with E-state index in [1.54, 1.807) is 26.3 Å². The van der Waals surface area contributed by atoms with Crippen molar-refractivity contribution >= 4 is 41.8 Å². The average Bonchev–Trinajstić information content (AvgIpc) is 3.04. The normalized spacial score (nSPS) is 10.9. The molecule has 0 fully saturated rings. The van der Waals surface area contributed by atoms with Gasteiger partial charge in [-0.2, -0.15) is 0 Å². The van der Waals surface area contributed by atoms with Gasteiger partial charge < -0.3 is 41.4 Å². The van der Waals surface area contributed by atoms with Crippen LogP contribution in [-0.2, 0) is 40.1 Å². The summed E-state index contributed by atoms with van der Waals surface area (Å²) in [4.78, 5) is 70.4. The maximum atomic E-state index is 13.0. The van der Waals surface area contributed by atoms with Gasteiger partial charge in [-0.25, -0.2) is 4.79 Å². The predicted molar refractivity (Wildman–Crippen MR) is 184 cm³/mol. The number of amides is 6. The van der Waals surface area contributed by atoms with Gasteiger partial charge in [0.2, 0.25) is 24.1 Å². The number of rotatable bonds is 18. The van der Waals surface area contributed by atoms with E-state index in [1.807, 2.05) is 60.6 Å². The van der Waals surface area contributed by atoms with E-state index in [4.69, 9.17) is 10.5 Å². The summed E-state index contributed by atoms with van der Waals surface area (Å²) in [5.74, 6) is -1.54. The molecule has 0 bridgehead atoms. The second-order valence-corrected chi connectivity index (χ2v) is 10.1. The summed E-state index contributed by atoms with van der Waals surface area (Å²) in [6.45, 7) is 16.3. The molecule has 0 saturated heterocycles. The van der Waals surface area contributed by atoms with Crippen LogP contribution in [0.1, 0.15) is 86.6 Å². The third kappa shape index (κ3) is 25.7. The Morgan fingerprint density at radius 3 is 2.04 bits per heavy atom. The Morgan fingerprint density at radius 1 is 0.979 bits per heavy atom. The first-order valence-electron chi connectivity index (χ1n) is 16.1. The maximum absolute atomic E-state index is 13.0. The lowest BCUT2D eigenvalue weighted by atomic mass is 10.0. The van der Waals surface area contributed by atoms with Crippen LogP contribution in [0.5, 0.6) is 0 Å². The number of nitrogens with two attached hydrogens (primary N) is 1. The lowest BCUT2D eigenvalue weighted by Crippen LogP contribution is -2.54. The number of esters is 1. The molecule has 270 valence electrons. The minimum Gasteiger partial charge on any atom is -0.464 e. The molecular weight excluding hydrogens is 608 g/mol. The van der Waals surface area contributed by atoms with Crippen LogP contribution < -0.4 is 27.0 Å². The SMILES string of the molecule is CC.CC.CC(=O)OCCN(C)C=O.CCCC(=O)NC(C(=O)N[C@@H](CCCNC(N)=O)C(=O)Nc1ccc(COC)cc1)C(C)C. The molecule has 6 amide bonds. The maximum Gasteiger partial charge on any atom is 0.312 e. The number of urea groups is 1. The van der Waals surface area contributed by atoms with Crippen LogP contribution in [0.15, 0.2) is 24.3 Å². The summed E-state index contributed by atoms with van der Waals surface area (Å²) in [5, 5.41) is 10.8. The van der Waals surface area contributed by atoms with Crippen molar-refractivity contribution < 1.29 is 38.2 Å². The summed E-state index contributed by atoms with van der Waals surface area (Å²) in [6, 6.07) is 4.88. The first-order chi connectivity index (χ1) is 22.3. The highest BCUT2D eigenvalue weighted by Crippen LogP contribution is 2.12. The van der Waals surface area contributed by atoms with E-state index >= 15 is 0 Å². The van der Waals surface area contributed by atoms with Gasteiger partial charge in [0.25, 0.3) is 0 Å². The lowest BCUT2D eigenvalue weighted by Gasteiger charge is -2.25. The Labute approximate surface area is 281 Å². The molecule has 0 aromatic heterocycles. The van der Waals surface area contributed by atoms with Crippen LogP contribution in [0, 0.1) is 5.92 Å². The molecule has 0 aliphatic rings. The molecule has 0 heterocycles. The number of carbonyl (C=O) groups excluding carboxylic acids is 6. The first-order valence-corrected chi connectivity index (χ1v) is 16.1. The summed E-state index contributed by atoms with van der Waals surface area (Å²) >= 11 is 0. The van der Waals surface area contributed by atoms with Gasteiger partial charge in [-0.3, -0.25) is 24.0 Å². The van der Waals surface area contributed by atoms with Crippen LogP contribution in [0.25, 0.3) is 0 Å². The number of primary amides is 1. The molecule has 2 atom stereocenters. The second-order valence-electron chi connectivity index (χ2n) is 10.1. The van der Waals surface area contributed by atoms with E-state index < -0.39 is 29.9 Å². The van der Waals surface area contributed by atoms with Gasteiger partial charge in [-0.05, 0) is 42.9 Å². The topological polar surface area (TPSA) is 198 Å². The molecule has 0 aliphatic heterocycles. The Hall–Kier alpha value is -4.20. The fraction of sp³-hybridized carbons (Fsp3) is 0.636. The molecule has 0 saturated carbocycles. The highest BCUT2D eigenvalue weighted by molar-refractivity contribution is 5.98. The Kier molecular flexibility index (Phi) is 30.6. The van der Waals surface area contributed by atoms with Crippen molar-refractivity contribution in [3.8, 4) is 0 Å². The van der Waals surface area contributed by atoms with Crippen molar-refractivity contribution in [2.45, 2.75) is 99.8 Å². The molecule has 0 aliphatic carbocycles. The summed E-state index contributed by atoms with van der Waals surface area (Å²) in [7, 11) is 3.22. The molecule has 14 heteroatoms. The third-order valence-electron chi connectivity index (χ3n) is 5.81. The van der Waals surface area contributed by atoms with Gasteiger partial charge in [0, 0.05) is 39.7 Å². The first kappa shape index (κ1) is 47.2. The number of anilines is 1. The van der Waals surface area contributed by atoms with E-state index in [0.29, 0.717) is 44.5 Å². The van der Waals surface area contributed by atoms with Crippen molar-refractivity contribution in [3.63, 3.8) is 0 Å². The van der Waals surface area contributed by atoms with Gasteiger partial charge in [-0.15, -0.1) is 0 Å². The number of nitrogens with one attached hydrogen (secondary N) is 4. The van der Waals surface area contributed by atoms with Crippen LogP contribution in [-0.4, -0.2) is 87.0 Å². The number of benzene rings is 1. The molecule has 0 spiro atoms. The Morgan fingerprint density at radius 2 is 1.57 bits per heavy atom. The number of likely N-dealkylation sites (N-methyl/N-ethyl adjacent to an activating group) is 1. The van der Waals surface area contributed by atoms with Crippen LogP contribution in [0.4, 0.5) is 10.5 Å². The van der Waals surface area contributed by atoms with E-state index in [2.05, 4.69) is 26.0 Å². The monoisotopic (exact) mass is 668 g/mol. The van der Waals surface area contributed by atoms with Crippen molar-refractivity contribution in [1.29, 1.82) is 0 Å². The van der Waals surface area contributed by atoms with Gasteiger partial charge >= 0.3 is 12.0 Å². The zero-order chi connectivity index (χ0) is 36.8. The fourth-order valence-electron chi connectivity index (χ4n) is 3.52. The standard InChI is InChI=1S/C23H37N5O5.C6H11NO3.2C2H6/c1-5-7-19(29)28-20(15(2)3)22(31)27-18(8-6-13-25-23(24)32)21(30)26-17-11-9-16(10-12-17)14-33-4;1-6(9)10-4-3-7(2)5-8;2*1-2/h9-12,15,18,20H,5-8,13-14H2,1-4H3,(H,26,30)(H,27,31)(H,28,29)(H3,24,25,32);5H,3-4H2,1-2H3;2*1-2H3/t18-,20?;;;/m0.../s1. The summed E-state index contributed by atoms with van der Waals surface area (Å²) in [5.41, 5.74) is 6.62. The summed E-state index contributed by atoms with van der Waals surface area (Å²) < 4.78 is 9.66. The van der Waals surface area contributed by atoms with Crippen LogP contribution >= 0.6 is 0 Å². The fourth-order valence-corrected chi connectivity index (χ4v) is 3.52. The molecule has 1 aromatic carbocycles. The number of hydrogen-bond donors (Lipinski definition) is 5. The van der Waals surface area contributed by atoms with Gasteiger partial charge in [0.05, 0.1) is 13.2 Å². The molecule has 1 unspecified atom stereocenters. The smallest absolute Gasteiger partial charge is 0.312 e. The highest BCUT2D eigenvalue weighted by atomic mass is 16.5. The van der Waals surface area contributed by atoms with E-state index in [1.165, 1.54) is 11.8 Å². The number of nitrogens with zero attached hydrogens (tertiary/aromatic N) is 1. The minimum atomic E-state index is -0.866. The van der Waals surface area contributed by atoms with Crippen LogP contribution in [0.2, 0.25) is 0 Å².